The summed E-state index contributed by atoms with van der Waals surface area (Å²) in [6.45, 7) is 5.50. The van der Waals surface area contributed by atoms with Gasteiger partial charge in [-0.05, 0) is 55.5 Å². The highest BCUT2D eigenvalue weighted by molar-refractivity contribution is 14.0. The molecule has 0 atom stereocenters. The summed E-state index contributed by atoms with van der Waals surface area (Å²) in [6.07, 6.45) is 2.49. The number of hydrogen-bond donors (Lipinski definition) is 2. The van der Waals surface area contributed by atoms with E-state index in [1.165, 1.54) is 11.6 Å². The van der Waals surface area contributed by atoms with E-state index in [2.05, 4.69) is 27.8 Å². The van der Waals surface area contributed by atoms with Crippen molar-refractivity contribution in [3.63, 3.8) is 0 Å². The fourth-order valence-electron chi connectivity index (χ4n) is 3.89. The lowest BCUT2D eigenvalue weighted by molar-refractivity contribution is 0.0513. The van der Waals surface area contributed by atoms with Crippen LogP contribution in [0.25, 0.3) is 0 Å². The molecule has 0 aromatic heterocycles. The fraction of sp³-hybridized carbons (Fsp3) is 0.458. The monoisotopic (exact) mass is 541 g/mol. The Bertz CT molecular complexity index is 824. The first kappa shape index (κ1) is 25.4. The molecule has 0 amide bonds. The van der Waals surface area contributed by atoms with E-state index in [0.717, 1.165) is 44.3 Å². The van der Waals surface area contributed by atoms with Crippen molar-refractivity contribution in [1.82, 2.24) is 10.6 Å². The van der Waals surface area contributed by atoms with Crippen molar-refractivity contribution in [2.75, 3.05) is 40.0 Å². The number of halogens is 2. The van der Waals surface area contributed by atoms with Crippen LogP contribution < -0.4 is 15.4 Å². The molecular formula is C24H33FIN3O2. The summed E-state index contributed by atoms with van der Waals surface area (Å²) in [5.41, 5.74) is 1.96. The minimum absolute atomic E-state index is 0. The molecule has 1 saturated heterocycles. The Labute approximate surface area is 201 Å². The first-order chi connectivity index (χ1) is 14.7. The van der Waals surface area contributed by atoms with Crippen molar-refractivity contribution in [1.29, 1.82) is 0 Å². The van der Waals surface area contributed by atoms with Gasteiger partial charge in [0.15, 0.2) is 5.96 Å². The maximum atomic E-state index is 13.8. The van der Waals surface area contributed by atoms with Crippen LogP contribution in [0.3, 0.4) is 0 Å². The van der Waals surface area contributed by atoms with Gasteiger partial charge in [-0.2, -0.15) is 0 Å². The maximum absolute atomic E-state index is 13.8. The van der Waals surface area contributed by atoms with E-state index in [1.807, 2.05) is 31.2 Å². The third kappa shape index (κ3) is 7.07. The molecule has 0 spiro atoms. The lowest BCUT2D eigenvalue weighted by Crippen LogP contribution is -2.48. The summed E-state index contributed by atoms with van der Waals surface area (Å²) < 4.78 is 25.0. The molecule has 1 fully saturated rings. The zero-order chi connectivity index (χ0) is 21.2. The molecule has 3 rings (SSSR count). The van der Waals surface area contributed by atoms with Crippen LogP contribution in [0, 0.1) is 5.82 Å². The summed E-state index contributed by atoms with van der Waals surface area (Å²) in [5.74, 6) is 1.45. The highest BCUT2D eigenvalue weighted by Gasteiger charge is 2.34. The largest absolute Gasteiger partial charge is 0.494 e. The summed E-state index contributed by atoms with van der Waals surface area (Å²) >= 11 is 0. The minimum atomic E-state index is -0.168. The van der Waals surface area contributed by atoms with Gasteiger partial charge in [-0.25, -0.2) is 4.39 Å². The molecule has 0 unspecified atom stereocenters. The standard InChI is InChI=1S/C24H32FN3O2.HI/c1-3-30-21-10-8-20(9-11-21)24(13-16-29-17-14-24)18-28-23(26-2)27-15-12-19-6-4-5-7-22(19)25;/h4-11H,3,12-18H2,1-2H3,(H2,26,27,28);1H. The van der Waals surface area contributed by atoms with Gasteiger partial charge in [-0.15, -0.1) is 24.0 Å². The average molecular weight is 541 g/mol. The Kier molecular flexibility index (Phi) is 10.5. The van der Waals surface area contributed by atoms with Gasteiger partial charge in [0.2, 0.25) is 0 Å². The number of ether oxygens (including phenoxy) is 2. The molecule has 5 nitrogen and oxygen atoms in total. The molecule has 0 saturated carbocycles. The summed E-state index contributed by atoms with van der Waals surface area (Å²) in [6, 6.07) is 15.3. The van der Waals surface area contributed by atoms with E-state index in [0.29, 0.717) is 25.1 Å². The molecule has 31 heavy (non-hydrogen) atoms. The minimum Gasteiger partial charge on any atom is -0.494 e. The number of nitrogens with one attached hydrogen (secondary N) is 2. The number of nitrogens with zero attached hydrogens (tertiary/aromatic N) is 1. The molecule has 170 valence electrons. The highest BCUT2D eigenvalue weighted by Crippen LogP contribution is 2.35. The normalized spacial score (nSPS) is 15.6. The van der Waals surface area contributed by atoms with Crippen LogP contribution in [0.15, 0.2) is 53.5 Å². The van der Waals surface area contributed by atoms with Crippen molar-refractivity contribution in [3.8, 4) is 5.75 Å². The second-order valence-electron chi connectivity index (χ2n) is 7.54. The molecule has 0 bridgehead atoms. The number of guanidine groups is 1. The Morgan fingerprint density at radius 1 is 1.10 bits per heavy atom. The van der Waals surface area contributed by atoms with Crippen molar-refractivity contribution in [3.05, 3.63) is 65.5 Å². The summed E-state index contributed by atoms with van der Waals surface area (Å²) in [7, 11) is 1.76. The van der Waals surface area contributed by atoms with E-state index in [4.69, 9.17) is 9.47 Å². The summed E-state index contributed by atoms with van der Waals surface area (Å²) in [4.78, 5) is 4.34. The smallest absolute Gasteiger partial charge is 0.191 e. The van der Waals surface area contributed by atoms with Crippen LogP contribution in [0.4, 0.5) is 4.39 Å². The highest BCUT2D eigenvalue weighted by atomic mass is 127. The van der Waals surface area contributed by atoms with Crippen LogP contribution >= 0.6 is 24.0 Å². The van der Waals surface area contributed by atoms with Gasteiger partial charge in [-0.1, -0.05) is 30.3 Å². The van der Waals surface area contributed by atoms with Gasteiger partial charge < -0.3 is 20.1 Å². The predicted octanol–water partition coefficient (Wildman–Crippen LogP) is 4.30. The van der Waals surface area contributed by atoms with E-state index >= 15 is 0 Å². The molecule has 0 radical (unpaired) electrons. The van der Waals surface area contributed by atoms with E-state index in [1.54, 1.807) is 13.1 Å². The molecule has 1 aliphatic rings. The van der Waals surface area contributed by atoms with Gasteiger partial charge >= 0.3 is 0 Å². The maximum Gasteiger partial charge on any atom is 0.191 e. The van der Waals surface area contributed by atoms with Gasteiger partial charge in [0.05, 0.1) is 6.61 Å². The van der Waals surface area contributed by atoms with Gasteiger partial charge in [0, 0.05) is 38.8 Å². The van der Waals surface area contributed by atoms with Gasteiger partial charge in [0.1, 0.15) is 11.6 Å². The van der Waals surface area contributed by atoms with E-state index < -0.39 is 0 Å². The molecule has 1 heterocycles. The van der Waals surface area contributed by atoms with Crippen LogP contribution in [0.1, 0.15) is 30.9 Å². The molecule has 0 aliphatic carbocycles. The fourth-order valence-corrected chi connectivity index (χ4v) is 3.89. The summed E-state index contributed by atoms with van der Waals surface area (Å²) in [5, 5.41) is 6.78. The predicted molar refractivity (Wildman–Crippen MR) is 134 cm³/mol. The Morgan fingerprint density at radius 2 is 1.81 bits per heavy atom. The lowest BCUT2D eigenvalue weighted by Gasteiger charge is -2.38. The van der Waals surface area contributed by atoms with Gasteiger partial charge in [-0.3, -0.25) is 4.99 Å². The number of rotatable bonds is 8. The SMILES string of the molecule is CCOc1ccc(C2(CNC(=NC)NCCc3ccccc3F)CCOCC2)cc1.I. The second kappa shape index (κ2) is 12.9. The molecule has 1 aliphatic heterocycles. The van der Waals surface area contributed by atoms with Crippen LogP contribution in [-0.4, -0.2) is 45.9 Å². The molecule has 2 aromatic carbocycles. The van der Waals surface area contributed by atoms with E-state index in [-0.39, 0.29) is 35.2 Å². The topological polar surface area (TPSA) is 54.9 Å². The zero-order valence-corrected chi connectivity index (χ0v) is 20.7. The average Bonchev–Trinajstić information content (AvgIpc) is 2.78. The molecular weight excluding hydrogens is 508 g/mol. The Balaban J connectivity index is 0.00000341. The van der Waals surface area contributed by atoms with Crippen molar-refractivity contribution in [2.45, 2.75) is 31.6 Å². The zero-order valence-electron chi connectivity index (χ0n) is 18.3. The van der Waals surface area contributed by atoms with Crippen LogP contribution in [0.2, 0.25) is 0 Å². The number of aliphatic imine (C=N–C) groups is 1. The second-order valence-corrected chi connectivity index (χ2v) is 7.54. The lowest BCUT2D eigenvalue weighted by atomic mass is 9.74. The third-order valence-electron chi connectivity index (χ3n) is 5.69. The first-order valence-electron chi connectivity index (χ1n) is 10.7. The van der Waals surface area contributed by atoms with E-state index in [9.17, 15) is 4.39 Å². The Hall–Kier alpha value is -1.87. The first-order valence-corrected chi connectivity index (χ1v) is 10.7. The van der Waals surface area contributed by atoms with Gasteiger partial charge in [0.25, 0.3) is 0 Å². The quantitative estimate of drug-likeness (QED) is 0.298. The molecule has 2 N–H and O–H groups in total. The number of hydrogen-bond acceptors (Lipinski definition) is 3. The van der Waals surface area contributed by atoms with Crippen molar-refractivity contribution < 1.29 is 13.9 Å². The third-order valence-corrected chi connectivity index (χ3v) is 5.69. The van der Waals surface area contributed by atoms with Crippen molar-refractivity contribution >= 4 is 29.9 Å². The van der Waals surface area contributed by atoms with Crippen LogP contribution in [-0.2, 0) is 16.6 Å². The molecule has 7 heteroatoms. The van der Waals surface area contributed by atoms with Crippen LogP contribution in [0.5, 0.6) is 5.75 Å². The Morgan fingerprint density at radius 3 is 2.45 bits per heavy atom. The number of benzene rings is 2. The molecule has 2 aromatic rings. The van der Waals surface area contributed by atoms with Crippen molar-refractivity contribution in [2.24, 2.45) is 4.99 Å².